The molecular weight excluding hydrogens is 260 g/mol. The van der Waals surface area contributed by atoms with E-state index in [1.54, 1.807) is 12.3 Å². The van der Waals surface area contributed by atoms with E-state index >= 15 is 0 Å². The Hall–Kier alpha value is -2.14. The highest BCUT2D eigenvalue weighted by molar-refractivity contribution is 7.15. The summed E-state index contributed by atoms with van der Waals surface area (Å²) in [5.74, 6) is -0.842. The Labute approximate surface area is 115 Å². The molecule has 1 N–H and O–H groups in total. The van der Waals surface area contributed by atoms with Crippen LogP contribution in [0.3, 0.4) is 0 Å². The molecule has 2 rings (SSSR count). The number of anilines is 2. The van der Waals surface area contributed by atoms with Crippen molar-refractivity contribution in [1.29, 1.82) is 0 Å². The molecule has 0 saturated carbocycles. The van der Waals surface area contributed by atoms with Crippen LogP contribution in [0.1, 0.15) is 4.88 Å². The molecule has 5 heteroatoms. The van der Waals surface area contributed by atoms with E-state index in [2.05, 4.69) is 11.6 Å². The first kappa shape index (κ1) is 13.3. The molecule has 2 aromatic rings. The van der Waals surface area contributed by atoms with Gasteiger partial charge in [-0.2, -0.15) is 0 Å². The van der Waals surface area contributed by atoms with Gasteiger partial charge in [0.25, 0.3) is 0 Å². The molecule has 0 radical (unpaired) electrons. The minimum Gasteiger partial charge on any atom is -0.481 e. The molecule has 98 valence electrons. The van der Waals surface area contributed by atoms with Crippen LogP contribution in [0.5, 0.6) is 0 Å². The molecular formula is C14H14N2O2S. The largest absolute Gasteiger partial charge is 0.481 e. The van der Waals surface area contributed by atoms with Gasteiger partial charge in [0.2, 0.25) is 0 Å². The number of thiazole rings is 1. The summed E-state index contributed by atoms with van der Waals surface area (Å²) in [6.45, 7) is 4.38. The summed E-state index contributed by atoms with van der Waals surface area (Å²) in [5, 5.41) is 9.56. The fourth-order valence-corrected chi connectivity index (χ4v) is 2.61. The third-order valence-corrected chi connectivity index (χ3v) is 3.50. The number of benzene rings is 1. The van der Waals surface area contributed by atoms with Gasteiger partial charge in [0.1, 0.15) is 0 Å². The van der Waals surface area contributed by atoms with Crippen LogP contribution in [0.4, 0.5) is 10.8 Å². The lowest BCUT2D eigenvalue weighted by atomic mass is 10.3. The summed E-state index contributed by atoms with van der Waals surface area (Å²) >= 11 is 1.39. The van der Waals surface area contributed by atoms with E-state index in [1.165, 1.54) is 11.3 Å². The maximum atomic E-state index is 10.7. The minimum absolute atomic E-state index is 0.00832. The number of hydrogen-bond acceptors (Lipinski definition) is 4. The Kier molecular flexibility index (Phi) is 4.30. The summed E-state index contributed by atoms with van der Waals surface area (Å²) in [6.07, 6.45) is 3.42. The molecule has 4 nitrogen and oxygen atoms in total. The molecule has 1 aromatic heterocycles. The molecule has 1 heterocycles. The van der Waals surface area contributed by atoms with Gasteiger partial charge in [-0.15, -0.1) is 17.9 Å². The summed E-state index contributed by atoms with van der Waals surface area (Å²) < 4.78 is 0. The van der Waals surface area contributed by atoms with Crippen molar-refractivity contribution < 1.29 is 9.90 Å². The molecule has 0 atom stereocenters. The average molecular weight is 274 g/mol. The zero-order valence-corrected chi connectivity index (χ0v) is 11.1. The monoisotopic (exact) mass is 274 g/mol. The number of aliphatic carboxylic acids is 1. The van der Waals surface area contributed by atoms with Crippen LogP contribution >= 0.6 is 11.3 Å². The molecule has 0 fully saturated rings. The third kappa shape index (κ3) is 3.42. The highest BCUT2D eigenvalue weighted by atomic mass is 32.1. The van der Waals surface area contributed by atoms with Crippen molar-refractivity contribution in [3.8, 4) is 0 Å². The lowest BCUT2D eigenvalue weighted by Gasteiger charge is -2.19. The van der Waals surface area contributed by atoms with E-state index in [9.17, 15) is 4.79 Å². The summed E-state index contributed by atoms with van der Waals surface area (Å²) in [5.41, 5.74) is 1.01. The summed E-state index contributed by atoms with van der Waals surface area (Å²) in [4.78, 5) is 17.7. The molecule has 19 heavy (non-hydrogen) atoms. The Morgan fingerprint density at radius 2 is 2.16 bits per heavy atom. The Morgan fingerprint density at radius 3 is 2.79 bits per heavy atom. The van der Waals surface area contributed by atoms with E-state index in [4.69, 9.17) is 5.11 Å². The second-order valence-electron chi connectivity index (χ2n) is 3.91. The lowest BCUT2D eigenvalue weighted by Crippen LogP contribution is -2.16. The number of para-hydroxylation sites is 1. The Balaban J connectivity index is 2.26. The molecule has 0 unspecified atom stereocenters. The zero-order chi connectivity index (χ0) is 13.7. The molecule has 0 saturated heterocycles. The van der Waals surface area contributed by atoms with Crippen molar-refractivity contribution in [3.05, 3.63) is 54.1 Å². The van der Waals surface area contributed by atoms with E-state index in [0.29, 0.717) is 6.54 Å². The van der Waals surface area contributed by atoms with Crippen LogP contribution in [0.2, 0.25) is 0 Å². The first-order chi connectivity index (χ1) is 9.20. The van der Waals surface area contributed by atoms with Gasteiger partial charge in [-0.05, 0) is 12.1 Å². The predicted molar refractivity (Wildman–Crippen MR) is 77.1 cm³/mol. The maximum Gasteiger partial charge on any atom is 0.308 e. The second kappa shape index (κ2) is 6.15. The van der Waals surface area contributed by atoms with Crippen molar-refractivity contribution in [1.82, 2.24) is 4.98 Å². The SMILES string of the molecule is C=CCN(c1ccccc1)c1ncc(CC(=O)O)s1. The van der Waals surface area contributed by atoms with Gasteiger partial charge in [0.15, 0.2) is 5.13 Å². The number of carboxylic acid groups (broad SMARTS) is 1. The molecule has 0 aliphatic carbocycles. The molecule has 0 bridgehead atoms. The van der Waals surface area contributed by atoms with Gasteiger partial charge in [0, 0.05) is 23.3 Å². The van der Waals surface area contributed by atoms with Gasteiger partial charge >= 0.3 is 5.97 Å². The van der Waals surface area contributed by atoms with Gasteiger partial charge in [-0.25, -0.2) is 4.98 Å². The fourth-order valence-electron chi connectivity index (χ4n) is 1.68. The van der Waals surface area contributed by atoms with E-state index in [1.807, 2.05) is 35.2 Å². The highest BCUT2D eigenvalue weighted by Gasteiger charge is 2.13. The van der Waals surface area contributed by atoms with Crippen LogP contribution in [-0.2, 0) is 11.2 Å². The Morgan fingerprint density at radius 1 is 1.42 bits per heavy atom. The minimum atomic E-state index is -0.842. The maximum absolute atomic E-state index is 10.7. The van der Waals surface area contributed by atoms with E-state index in [-0.39, 0.29) is 6.42 Å². The van der Waals surface area contributed by atoms with Crippen molar-refractivity contribution in [3.63, 3.8) is 0 Å². The predicted octanol–water partition coefficient (Wildman–Crippen LogP) is 3.09. The summed E-state index contributed by atoms with van der Waals surface area (Å²) in [7, 11) is 0. The van der Waals surface area contributed by atoms with Crippen molar-refractivity contribution in [2.75, 3.05) is 11.4 Å². The third-order valence-electron chi connectivity index (χ3n) is 2.48. The zero-order valence-electron chi connectivity index (χ0n) is 10.3. The highest BCUT2D eigenvalue weighted by Crippen LogP contribution is 2.29. The van der Waals surface area contributed by atoms with Crippen LogP contribution in [-0.4, -0.2) is 22.6 Å². The Bertz CT molecular complexity index is 566. The molecule has 0 spiro atoms. The fraction of sp³-hybridized carbons (Fsp3) is 0.143. The van der Waals surface area contributed by atoms with Gasteiger partial charge in [-0.3, -0.25) is 4.79 Å². The van der Waals surface area contributed by atoms with Gasteiger partial charge in [-0.1, -0.05) is 24.3 Å². The normalized spacial score (nSPS) is 10.1. The molecule has 0 aliphatic heterocycles. The summed E-state index contributed by atoms with van der Waals surface area (Å²) in [6, 6.07) is 9.84. The smallest absolute Gasteiger partial charge is 0.308 e. The van der Waals surface area contributed by atoms with Crippen LogP contribution in [0.25, 0.3) is 0 Å². The van der Waals surface area contributed by atoms with E-state index in [0.717, 1.165) is 15.7 Å². The van der Waals surface area contributed by atoms with Crippen LogP contribution in [0.15, 0.2) is 49.2 Å². The first-order valence-corrected chi connectivity index (χ1v) is 6.62. The van der Waals surface area contributed by atoms with Crippen molar-refractivity contribution in [2.45, 2.75) is 6.42 Å². The topological polar surface area (TPSA) is 53.4 Å². The van der Waals surface area contributed by atoms with Crippen molar-refractivity contribution >= 4 is 28.1 Å². The number of hydrogen-bond donors (Lipinski definition) is 1. The van der Waals surface area contributed by atoms with Crippen LogP contribution in [0, 0.1) is 0 Å². The number of aromatic nitrogens is 1. The quantitative estimate of drug-likeness (QED) is 0.822. The van der Waals surface area contributed by atoms with Gasteiger partial charge in [0.05, 0.1) is 6.42 Å². The second-order valence-corrected chi connectivity index (χ2v) is 5.01. The van der Waals surface area contributed by atoms with Gasteiger partial charge < -0.3 is 10.0 Å². The molecule has 0 amide bonds. The lowest BCUT2D eigenvalue weighted by molar-refractivity contribution is -0.136. The van der Waals surface area contributed by atoms with Crippen LogP contribution < -0.4 is 4.90 Å². The number of carboxylic acids is 1. The first-order valence-electron chi connectivity index (χ1n) is 5.80. The van der Waals surface area contributed by atoms with E-state index < -0.39 is 5.97 Å². The number of rotatable bonds is 6. The molecule has 1 aromatic carbocycles. The standard InChI is InChI=1S/C14H14N2O2S/c1-2-8-16(11-6-4-3-5-7-11)14-15-10-12(19-14)9-13(17)18/h2-7,10H,1,8-9H2,(H,17,18). The molecule has 0 aliphatic rings. The average Bonchev–Trinajstić information content (AvgIpc) is 2.84. The number of nitrogens with zero attached hydrogens (tertiary/aromatic N) is 2. The number of carbonyl (C=O) groups is 1. The van der Waals surface area contributed by atoms with Crippen molar-refractivity contribution in [2.24, 2.45) is 0 Å².